The molecule has 2 rings (SSSR count). The van der Waals surface area contributed by atoms with E-state index >= 15 is 0 Å². The summed E-state index contributed by atoms with van der Waals surface area (Å²) < 4.78 is 11.4. The predicted molar refractivity (Wildman–Crippen MR) is 105 cm³/mol. The van der Waals surface area contributed by atoms with Crippen molar-refractivity contribution >= 4 is 45.2 Å². The predicted octanol–water partition coefficient (Wildman–Crippen LogP) is 4.10. The molecule has 0 aromatic heterocycles. The average Bonchev–Trinajstić information content (AvgIpc) is 2.55. The number of nitrogens with one attached hydrogen (secondary N) is 2. The van der Waals surface area contributed by atoms with Gasteiger partial charge in [-0.15, -0.1) is 0 Å². The van der Waals surface area contributed by atoms with Crippen molar-refractivity contribution in [2.24, 2.45) is 5.10 Å². The van der Waals surface area contributed by atoms with Crippen LogP contribution >= 0.6 is 28.1 Å². The molecule has 7 heteroatoms. The zero-order valence-electron chi connectivity index (χ0n) is 13.6. The Morgan fingerprint density at radius 3 is 2.58 bits per heavy atom. The molecule has 2 aromatic carbocycles. The minimum absolute atomic E-state index is 0.406. The van der Waals surface area contributed by atoms with Crippen molar-refractivity contribution in [1.82, 2.24) is 5.43 Å². The molecule has 0 radical (unpaired) electrons. The van der Waals surface area contributed by atoms with Crippen LogP contribution in [0.5, 0.6) is 11.5 Å². The Morgan fingerprint density at radius 1 is 1.17 bits per heavy atom. The van der Waals surface area contributed by atoms with Gasteiger partial charge in [-0.2, -0.15) is 5.10 Å². The lowest BCUT2D eigenvalue weighted by Crippen LogP contribution is -2.23. The van der Waals surface area contributed by atoms with Crippen molar-refractivity contribution in [2.75, 3.05) is 19.5 Å². The Morgan fingerprint density at radius 2 is 1.92 bits per heavy atom. The van der Waals surface area contributed by atoms with E-state index in [1.54, 1.807) is 26.5 Å². The number of ether oxygens (including phenoxy) is 2. The number of thiocarbonyl (C=S) groups is 1. The van der Waals surface area contributed by atoms with Crippen LogP contribution in [0.2, 0.25) is 0 Å². The highest BCUT2D eigenvalue weighted by Gasteiger charge is 2.08. The SMILES string of the molecule is COc1cc(OC)c(/C=N\NC(=S)Nc2cccc(C)c2)cc1Br. The normalized spacial score (nSPS) is 10.5. The van der Waals surface area contributed by atoms with Gasteiger partial charge in [0.2, 0.25) is 0 Å². The summed E-state index contributed by atoms with van der Waals surface area (Å²) in [5.41, 5.74) is 5.64. The largest absolute Gasteiger partial charge is 0.496 e. The van der Waals surface area contributed by atoms with Crippen LogP contribution in [0.1, 0.15) is 11.1 Å². The van der Waals surface area contributed by atoms with Gasteiger partial charge in [0.1, 0.15) is 11.5 Å². The smallest absolute Gasteiger partial charge is 0.191 e. The monoisotopic (exact) mass is 407 g/mol. The molecular formula is C17H18BrN3O2S. The second kappa shape index (κ2) is 8.65. The first-order chi connectivity index (χ1) is 11.5. The number of halogens is 1. The zero-order chi connectivity index (χ0) is 17.5. The van der Waals surface area contributed by atoms with E-state index in [4.69, 9.17) is 21.7 Å². The molecule has 0 fully saturated rings. The molecule has 0 atom stereocenters. The summed E-state index contributed by atoms with van der Waals surface area (Å²) in [6.45, 7) is 2.02. The number of benzene rings is 2. The molecule has 5 nitrogen and oxygen atoms in total. The highest BCUT2D eigenvalue weighted by atomic mass is 79.9. The van der Waals surface area contributed by atoms with Gasteiger partial charge in [0.15, 0.2) is 5.11 Å². The minimum atomic E-state index is 0.406. The van der Waals surface area contributed by atoms with E-state index in [1.165, 1.54) is 0 Å². The van der Waals surface area contributed by atoms with Gasteiger partial charge in [-0.3, -0.25) is 5.43 Å². The van der Waals surface area contributed by atoms with Crippen LogP contribution in [0, 0.1) is 6.92 Å². The third-order valence-electron chi connectivity index (χ3n) is 3.15. The maximum Gasteiger partial charge on any atom is 0.191 e. The number of hydrogen-bond acceptors (Lipinski definition) is 4. The Balaban J connectivity index is 2.03. The molecule has 126 valence electrons. The van der Waals surface area contributed by atoms with Crippen molar-refractivity contribution in [2.45, 2.75) is 6.92 Å². The quantitative estimate of drug-likeness (QED) is 0.443. The van der Waals surface area contributed by atoms with Crippen LogP contribution < -0.4 is 20.2 Å². The Bertz CT molecular complexity index is 765. The standard InChI is InChI=1S/C17H18BrN3O2S/c1-11-5-4-6-13(7-11)20-17(24)21-19-10-12-8-14(18)16(23-3)9-15(12)22-2/h4-10H,1-3H3,(H2,20,21,24)/b19-10-. The zero-order valence-corrected chi connectivity index (χ0v) is 16.0. The fourth-order valence-electron chi connectivity index (χ4n) is 2.03. The molecule has 0 spiro atoms. The second-order valence-corrected chi connectivity index (χ2v) is 6.18. The molecule has 0 unspecified atom stereocenters. The number of hydrazone groups is 1. The lowest BCUT2D eigenvalue weighted by molar-refractivity contribution is 0.392. The molecule has 24 heavy (non-hydrogen) atoms. The molecular weight excluding hydrogens is 390 g/mol. The first-order valence-corrected chi connectivity index (χ1v) is 8.32. The third-order valence-corrected chi connectivity index (χ3v) is 3.96. The molecule has 2 N–H and O–H groups in total. The lowest BCUT2D eigenvalue weighted by Gasteiger charge is -2.10. The van der Waals surface area contributed by atoms with Gasteiger partial charge in [-0.05, 0) is 58.8 Å². The van der Waals surface area contributed by atoms with E-state index < -0.39 is 0 Å². The molecule has 0 aliphatic heterocycles. The molecule has 0 aliphatic rings. The van der Waals surface area contributed by atoms with Crippen LogP contribution in [0.4, 0.5) is 5.69 Å². The molecule has 2 aromatic rings. The Hall–Kier alpha value is -2.12. The maximum atomic E-state index is 5.34. The van der Waals surface area contributed by atoms with E-state index in [0.29, 0.717) is 16.6 Å². The number of nitrogens with zero attached hydrogens (tertiary/aromatic N) is 1. The number of anilines is 1. The van der Waals surface area contributed by atoms with Gasteiger partial charge in [-0.25, -0.2) is 0 Å². The first-order valence-electron chi connectivity index (χ1n) is 7.11. The van der Waals surface area contributed by atoms with Crippen LogP contribution in [-0.4, -0.2) is 25.5 Å². The fourth-order valence-corrected chi connectivity index (χ4v) is 2.72. The summed E-state index contributed by atoms with van der Waals surface area (Å²) >= 11 is 8.67. The highest BCUT2D eigenvalue weighted by molar-refractivity contribution is 9.10. The van der Waals surface area contributed by atoms with Crippen LogP contribution in [0.15, 0.2) is 46.0 Å². The van der Waals surface area contributed by atoms with Crippen LogP contribution in [0.25, 0.3) is 0 Å². The molecule has 0 heterocycles. The summed E-state index contributed by atoms with van der Waals surface area (Å²) in [5, 5.41) is 7.62. The van der Waals surface area contributed by atoms with Gasteiger partial charge >= 0.3 is 0 Å². The number of methoxy groups -OCH3 is 2. The third kappa shape index (κ3) is 4.94. The number of hydrogen-bond donors (Lipinski definition) is 2. The van der Waals surface area contributed by atoms with Crippen molar-refractivity contribution in [3.63, 3.8) is 0 Å². The van der Waals surface area contributed by atoms with Crippen molar-refractivity contribution in [1.29, 1.82) is 0 Å². The summed E-state index contributed by atoms with van der Waals surface area (Å²) in [5.74, 6) is 1.34. The first kappa shape index (κ1) is 18.2. The van der Waals surface area contributed by atoms with E-state index in [9.17, 15) is 0 Å². The van der Waals surface area contributed by atoms with Crippen molar-refractivity contribution < 1.29 is 9.47 Å². The minimum Gasteiger partial charge on any atom is -0.496 e. The van der Waals surface area contributed by atoms with Crippen LogP contribution in [0.3, 0.4) is 0 Å². The lowest BCUT2D eigenvalue weighted by atomic mass is 10.2. The molecule has 0 saturated heterocycles. The summed E-state index contributed by atoms with van der Waals surface area (Å²) in [6.07, 6.45) is 1.63. The fraction of sp³-hybridized carbons (Fsp3) is 0.176. The molecule has 0 amide bonds. The van der Waals surface area contributed by atoms with Crippen molar-refractivity contribution in [3.8, 4) is 11.5 Å². The maximum absolute atomic E-state index is 5.34. The summed E-state index contributed by atoms with van der Waals surface area (Å²) in [6, 6.07) is 11.6. The average molecular weight is 408 g/mol. The summed E-state index contributed by atoms with van der Waals surface area (Å²) in [7, 11) is 3.20. The number of aryl methyl sites for hydroxylation is 1. The molecule has 0 bridgehead atoms. The van der Waals surface area contributed by atoms with E-state index in [2.05, 4.69) is 31.8 Å². The van der Waals surface area contributed by atoms with E-state index in [1.807, 2.05) is 37.3 Å². The highest BCUT2D eigenvalue weighted by Crippen LogP contribution is 2.31. The van der Waals surface area contributed by atoms with Gasteiger partial charge < -0.3 is 14.8 Å². The van der Waals surface area contributed by atoms with Gasteiger partial charge in [0, 0.05) is 17.3 Å². The van der Waals surface area contributed by atoms with Crippen molar-refractivity contribution in [3.05, 3.63) is 52.0 Å². The molecule has 0 saturated carbocycles. The molecule has 0 aliphatic carbocycles. The van der Waals surface area contributed by atoms with E-state index in [0.717, 1.165) is 21.3 Å². The van der Waals surface area contributed by atoms with Crippen LogP contribution in [-0.2, 0) is 0 Å². The van der Waals surface area contributed by atoms with E-state index in [-0.39, 0.29) is 0 Å². The Kier molecular flexibility index (Phi) is 6.57. The number of rotatable bonds is 5. The van der Waals surface area contributed by atoms with Gasteiger partial charge in [0.25, 0.3) is 0 Å². The second-order valence-electron chi connectivity index (χ2n) is 4.92. The Labute approximate surface area is 155 Å². The topological polar surface area (TPSA) is 54.9 Å². The van der Waals surface area contributed by atoms with Gasteiger partial charge in [-0.1, -0.05) is 12.1 Å². The van der Waals surface area contributed by atoms with Gasteiger partial charge in [0.05, 0.1) is 24.9 Å². The summed E-state index contributed by atoms with van der Waals surface area (Å²) in [4.78, 5) is 0.